The van der Waals surface area contributed by atoms with Crippen molar-refractivity contribution in [3.8, 4) is 0 Å². The number of amides is 1. The van der Waals surface area contributed by atoms with Gasteiger partial charge in [-0.1, -0.05) is 38.1 Å². The predicted molar refractivity (Wildman–Crippen MR) is 84.9 cm³/mol. The normalized spacial score (nSPS) is 23.2. The third-order valence-corrected chi connectivity index (χ3v) is 5.17. The fraction of sp³-hybridized carbons (Fsp3) is 0.611. The van der Waals surface area contributed by atoms with Gasteiger partial charge in [0.25, 0.3) is 0 Å². The number of benzene rings is 1. The number of rotatable bonds is 2. The molecule has 0 unspecified atom stereocenters. The quantitative estimate of drug-likeness (QED) is 0.906. The third-order valence-electron chi connectivity index (χ3n) is 5.17. The fourth-order valence-corrected chi connectivity index (χ4v) is 3.64. The molecule has 3 nitrogen and oxygen atoms in total. The molecular formula is C18H26N2O. The second-order valence-electron chi connectivity index (χ2n) is 6.81. The maximum Gasteiger partial charge on any atom is 0.240 e. The molecule has 0 saturated carbocycles. The van der Waals surface area contributed by atoms with Crippen molar-refractivity contribution >= 4 is 5.91 Å². The van der Waals surface area contributed by atoms with E-state index in [1.807, 2.05) is 0 Å². The summed E-state index contributed by atoms with van der Waals surface area (Å²) in [5.41, 5.74) is 2.66. The van der Waals surface area contributed by atoms with Crippen LogP contribution in [0.2, 0.25) is 0 Å². The standard InChI is InChI=1S/C18H26N2O/c1-13(2)14-7-9-20(10-8-14)18(21)17-11-15-5-3-4-6-16(15)12-19-17/h3-6,13-14,17,19H,7-12H2,1-2H3/t17-/m0/s1. The topological polar surface area (TPSA) is 32.3 Å². The number of piperidine rings is 1. The van der Waals surface area contributed by atoms with Crippen LogP contribution in [0.25, 0.3) is 0 Å². The Hall–Kier alpha value is -1.35. The van der Waals surface area contributed by atoms with E-state index in [0.717, 1.165) is 50.7 Å². The summed E-state index contributed by atoms with van der Waals surface area (Å²) >= 11 is 0. The molecule has 0 radical (unpaired) electrons. The van der Waals surface area contributed by atoms with Crippen LogP contribution < -0.4 is 5.32 Å². The summed E-state index contributed by atoms with van der Waals surface area (Å²) in [5.74, 6) is 1.82. The van der Waals surface area contributed by atoms with Gasteiger partial charge in [0.15, 0.2) is 0 Å². The first-order chi connectivity index (χ1) is 10.1. The zero-order chi connectivity index (χ0) is 14.8. The van der Waals surface area contributed by atoms with Crippen LogP contribution in [0, 0.1) is 11.8 Å². The number of hydrogen-bond donors (Lipinski definition) is 1. The van der Waals surface area contributed by atoms with Gasteiger partial charge in [-0.25, -0.2) is 0 Å². The summed E-state index contributed by atoms with van der Waals surface area (Å²) in [6.45, 7) is 7.27. The zero-order valence-corrected chi connectivity index (χ0v) is 13.1. The Bertz CT molecular complexity index is 504. The van der Waals surface area contributed by atoms with Crippen LogP contribution >= 0.6 is 0 Å². The molecule has 2 aliphatic heterocycles. The first kappa shape index (κ1) is 14.6. The van der Waals surface area contributed by atoms with Gasteiger partial charge >= 0.3 is 0 Å². The fourth-order valence-electron chi connectivity index (χ4n) is 3.64. The summed E-state index contributed by atoms with van der Waals surface area (Å²) in [6.07, 6.45) is 3.15. The molecule has 0 spiro atoms. The van der Waals surface area contributed by atoms with Crippen LogP contribution in [-0.4, -0.2) is 29.9 Å². The second kappa shape index (κ2) is 6.18. The van der Waals surface area contributed by atoms with Crippen molar-refractivity contribution in [1.82, 2.24) is 10.2 Å². The third kappa shape index (κ3) is 3.13. The molecule has 2 heterocycles. The van der Waals surface area contributed by atoms with E-state index in [1.165, 1.54) is 11.1 Å². The van der Waals surface area contributed by atoms with Crippen molar-refractivity contribution in [2.45, 2.75) is 45.7 Å². The van der Waals surface area contributed by atoms with Gasteiger partial charge in [0, 0.05) is 19.6 Å². The van der Waals surface area contributed by atoms with E-state index < -0.39 is 0 Å². The Morgan fingerprint density at radius 3 is 2.52 bits per heavy atom. The molecule has 114 valence electrons. The Balaban J connectivity index is 1.60. The summed E-state index contributed by atoms with van der Waals surface area (Å²) < 4.78 is 0. The molecule has 1 atom stereocenters. The minimum absolute atomic E-state index is 0.0319. The van der Waals surface area contributed by atoms with Crippen LogP contribution in [0.4, 0.5) is 0 Å². The van der Waals surface area contributed by atoms with Crippen LogP contribution in [0.5, 0.6) is 0 Å². The summed E-state index contributed by atoms with van der Waals surface area (Å²) in [7, 11) is 0. The largest absolute Gasteiger partial charge is 0.341 e. The molecule has 1 aromatic rings. The van der Waals surface area contributed by atoms with Crippen molar-refractivity contribution in [2.75, 3.05) is 13.1 Å². The molecule has 1 fully saturated rings. The number of carbonyl (C=O) groups excluding carboxylic acids is 1. The molecular weight excluding hydrogens is 260 g/mol. The highest BCUT2D eigenvalue weighted by Crippen LogP contribution is 2.25. The highest BCUT2D eigenvalue weighted by atomic mass is 16.2. The van der Waals surface area contributed by atoms with E-state index in [-0.39, 0.29) is 6.04 Å². The van der Waals surface area contributed by atoms with Crippen molar-refractivity contribution in [1.29, 1.82) is 0 Å². The lowest BCUT2D eigenvalue weighted by atomic mass is 9.86. The lowest BCUT2D eigenvalue weighted by molar-refractivity contribution is -0.135. The molecule has 0 bridgehead atoms. The minimum atomic E-state index is -0.0319. The highest BCUT2D eigenvalue weighted by Gasteiger charge is 2.30. The minimum Gasteiger partial charge on any atom is -0.341 e. The van der Waals surface area contributed by atoms with Gasteiger partial charge in [0.2, 0.25) is 5.91 Å². The molecule has 1 amide bonds. The molecule has 1 aromatic carbocycles. The smallest absolute Gasteiger partial charge is 0.240 e. The van der Waals surface area contributed by atoms with Gasteiger partial charge in [-0.3, -0.25) is 4.79 Å². The monoisotopic (exact) mass is 286 g/mol. The van der Waals surface area contributed by atoms with Gasteiger partial charge in [0.1, 0.15) is 0 Å². The Morgan fingerprint density at radius 1 is 1.19 bits per heavy atom. The molecule has 3 rings (SSSR count). The molecule has 1 saturated heterocycles. The molecule has 0 aliphatic carbocycles. The van der Waals surface area contributed by atoms with Crippen molar-refractivity contribution in [3.63, 3.8) is 0 Å². The zero-order valence-electron chi connectivity index (χ0n) is 13.1. The van der Waals surface area contributed by atoms with Crippen LogP contribution in [0.15, 0.2) is 24.3 Å². The van der Waals surface area contributed by atoms with Crippen molar-refractivity contribution < 1.29 is 4.79 Å². The number of hydrogen-bond acceptors (Lipinski definition) is 2. The second-order valence-corrected chi connectivity index (χ2v) is 6.81. The number of fused-ring (bicyclic) bond motifs is 1. The van der Waals surface area contributed by atoms with Gasteiger partial charge < -0.3 is 10.2 Å². The maximum atomic E-state index is 12.7. The van der Waals surface area contributed by atoms with Gasteiger partial charge in [0.05, 0.1) is 6.04 Å². The summed E-state index contributed by atoms with van der Waals surface area (Å²) in [6, 6.07) is 8.41. The summed E-state index contributed by atoms with van der Waals surface area (Å²) in [4.78, 5) is 14.8. The Morgan fingerprint density at radius 2 is 1.86 bits per heavy atom. The average molecular weight is 286 g/mol. The van der Waals surface area contributed by atoms with E-state index in [4.69, 9.17) is 0 Å². The highest BCUT2D eigenvalue weighted by molar-refractivity contribution is 5.82. The Labute approximate surface area is 127 Å². The first-order valence-electron chi connectivity index (χ1n) is 8.24. The molecule has 3 heteroatoms. The van der Waals surface area contributed by atoms with Crippen molar-refractivity contribution in [3.05, 3.63) is 35.4 Å². The van der Waals surface area contributed by atoms with Gasteiger partial charge in [-0.15, -0.1) is 0 Å². The lowest BCUT2D eigenvalue weighted by Gasteiger charge is -2.37. The van der Waals surface area contributed by atoms with E-state index in [1.54, 1.807) is 0 Å². The Kier molecular flexibility index (Phi) is 4.29. The van der Waals surface area contributed by atoms with E-state index >= 15 is 0 Å². The molecule has 2 aliphatic rings. The van der Waals surface area contributed by atoms with Crippen molar-refractivity contribution in [2.24, 2.45) is 11.8 Å². The predicted octanol–water partition coefficient (Wildman–Crippen LogP) is 2.60. The molecule has 0 aromatic heterocycles. The van der Waals surface area contributed by atoms with E-state index in [9.17, 15) is 4.79 Å². The first-order valence-corrected chi connectivity index (χ1v) is 8.24. The molecule has 21 heavy (non-hydrogen) atoms. The molecule has 1 N–H and O–H groups in total. The lowest BCUT2D eigenvalue weighted by Crippen LogP contribution is -2.51. The SMILES string of the molecule is CC(C)C1CCN(C(=O)[C@@H]2Cc3ccccc3CN2)CC1. The van der Waals surface area contributed by atoms with Gasteiger partial charge in [-0.2, -0.15) is 0 Å². The van der Waals surface area contributed by atoms with E-state index in [2.05, 4.69) is 48.3 Å². The van der Waals surface area contributed by atoms with Gasteiger partial charge in [-0.05, 0) is 42.2 Å². The maximum absolute atomic E-state index is 12.7. The van der Waals surface area contributed by atoms with Crippen LogP contribution in [0.1, 0.15) is 37.8 Å². The average Bonchev–Trinajstić information content (AvgIpc) is 2.54. The number of nitrogens with one attached hydrogen (secondary N) is 1. The number of likely N-dealkylation sites (tertiary alicyclic amines) is 1. The number of carbonyl (C=O) groups is 1. The summed E-state index contributed by atoms with van der Waals surface area (Å²) in [5, 5.41) is 3.42. The van der Waals surface area contributed by atoms with Crippen LogP contribution in [-0.2, 0) is 17.8 Å². The van der Waals surface area contributed by atoms with Crippen LogP contribution in [0.3, 0.4) is 0 Å². The number of nitrogens with zero attached hydrogens (tertiary/aromatic N) is 1. The van der Waals surface area contributed by atoms with E-state index in [0.29, 0.717) is 5.91 Å².